The third-order valence-corrected chi connectivity index (χ3v) is 10.3. The Morgan fingerprint density at radius 3 is 2.23 bits per heavy atom. The van der Waals surface area contributed by atoms with Gasteiger partial charge in [-0.05, 0) is 82.4 Å². The minimum atomic E-state index is -1.86. The SMILES string of the molecule is CCc1c2c(nc3cc(CN4CCCCC4)c(O)c(CN4CCCCC4)c13)-c1cc3c(c(=O)n1C2)COC(=O)[C@]3(O)CC. The van der Waals surface area contributed by atoms with Crippen molar-refractivity contribution in [1.82, 2.24) is 19.4 Å². The number of fused-ring (bicyclic) bond motifs is 5. The molecule has 0 bridgehead atoms. The van der Waals surface area contributed by atoms with Crippen LogP contribution in [0.25, 0.3) is 22.3 Å². The van der Waals surface area contributed by atoms with Gasteiger partial charge in [0, 0.05) is 40.7 Å². The maximum absolute atomic E-state index is 13.8. The second-order valence-corrected chi connectivity index (χ2v) is 12.8. The molecule has 1 aromatic carbocycles. The van der Waals surface area contributed by atoms with E-state index < -0.39 is 11.6 Å². The van der Waals surface area contributed by atoms with Crippen LogP contribution >= 0.6 is 0 Å². The fourth-order valence-electron chi connectivity index (χ4n) is 7.84. The number of aromatic nitrogens is 2. The second kappa shape index (κ2) is 11.0. The van der Waals surface area contributed by atoms with Crippen molar-refractivity contribution >= 4 is 16.9 Å². The zero-order valence-corrected chi connectivity index (χ0v) is 25.4. The van der Waals surface area contributed by atoms with Crippen molar-refractivity contribution in [3.05, 3.63) is 55.9 Å². The van der Waals surface area contributed by atoms with Crippen molar-refractivity contribution in [3.63, 3.8) is 0 Å². The monoisotopic (exact) mass is 586 g/mol. The van der Waals surface area contributed by atoms with Gasteiger partial charge in [-0.3, -0.25) is 14.6 Å². The topological polar surface area (TPSA) is 108 Å². The molecule has 0 amide bonds. The molecule has 3 aromatic rings. The molecule has 7 rings (SSSR count). The van der Waals surface area contributed by atoms with Crippen LogP contribution in [0, 0.1) is 0 Å². The maximum Gasteiger partial charge on any atom is 0.343 e. The van der Waals surface area contributed by atoms with E-state index >= 15 is 0 Å². The van der Waals surface area contributed by atoms with Gasteiger partial charge >= 0.3 is 5.97 Å². The molecule has 2 N–H and O–H groups in total. The predicted octanol–water partition coefficient (Wildman–Crippen LogP) is 4.32. The van der Waals surface area contributed by atoms with E-state index in [2.05, 4.69) is 22.8 Å². The van der Waals surface area contributed by atoms with E-state index in [1.807, 2.05) is 0 Å². The predicted molar refractivity (Wildman–Crippen MR) is 164 cm³/mol. The lowest BCUT2D eigenvalue weighted by Gasteiger charge is -2.31. The third kappa shape index (κ3) is 4.59. The lowest BCUT2D eigenvalue weighted by Crippen LogP contribution is -2.44. The smallest absolute Gasteiger partial charge is 0.343 e. The van der Waals surface area contributed by atoms with E-state index in [0.29, 0.717) is 42.2 Å². The van der Waals surface area contributed by atoms with E-state index in [1.54, 1.807) is 17.6 Å². The molecule has 9 nitrogen and oxygen atoms in total. The Morgan fingerprint density at radius 2 is 1.58 bits per heavy atom. The van der Waals surface area contributed by atoms with Gasteiger partial charge in [-0.15, -0.1) is 0 Å². The summed E-state index contributed by atoms with van der Waals surface area (Å²) in [7, 11) is 0. The van der Waals surface area contributed by atoms with Gasteiger partial charge in [0.1, 0.15) is 12.4 Å². The van der Waals surface area contributed by atoms with Crippen LogP contribution in [0.4, 0.5) is 0 Å². The van der Waals surface area contributed by atoms with Crippen LogP contribution < -0.4 is 5.56 Å². The van der Waals surface area contributed by atoms with Gasteiger partial charge in [-0.2, -0.15) is 0 Å². The summed E-state index contributed by atoms with van der Waals surface area (Å²) in [5.74, 6) is -0.335. The minimum absolute atomic E-state index is 0.110. The molecule has 2 aromatic heterocycles. The lowest BCUT2D eigenvalue weighted by molar-refractivity contribution is -0.172. The molecule has 0 radical (unpaired) electrons. The average Bonchev–Trinajstić information content (AvgIpc) is 3.40. The summed E-state index contributed by atoms with van der Waals surface area (Å²) in [6, 6.07) is 3.84. The molecule has 0 aliphatic carbocycles. The quantitative estimate of drug-likeness (QED) is 0.322. The average molecular weight is 587 g/mol. The number of hydrogen-bond donors (Lipinski definition) is 2. The highest BCUT2D eigenvalue weighted by Gasteiger charge is 2.45. The van der Waals surface area contributed by atoms with Gasteiger partial charge in [0.2, 0.25) is 0 Å². The summed E-state index contributed by atoms with van der Waals surface area (Å²) in [4.78, 5) is 36.6. The Bertz CT molecular complexity index is 1670. The molecule has 0 saturated carbocycles. The number of phenolic OH excluding ortho intramolecular Hbond substituents is 1. The molecule has 2 fully saturated rings. The van der Waals surface area contributed by atoms with Crippen LogP contribution in [-0.4, -0.2) is 61.7 Å². The van der Waals surface area contributed by atoms with Gasteiger partial charge in [-0.1, -0.05) is 26.7 Å². The summed E-state index contributed by atoms with van der Waals surface area (Å²) < 4.78 is 6.97. The summed E-state index contributed by atoms with van der Waals surface area (Å²) in [5, 5.41) is 24.2. The van der Waals surface area contributed by atoms with Crippen LogP contribution in [0.2, 0.25) is 0 Å². The van der Waals surface area contributed by atoms with Crippen molar-refractivity contribution in [1.29, 1.82) is 0 Å². The van der Waals surface area contributed by atoms with E-state index in [1.165, 1.54) is 38.5 Å². The minimum Gasteiger partial charge on any atom is -0.507 e. The zero-order chi connectivity index (χ0) is 29.9. The number of likely N-dealkylation sites (tertiary alicyclic amines) is 2. The molecule has 0 spiro atoms. The highest BCUT2D eigenvalue weighted by molar-refractivity contribution is 5.93. The van der Waals surface area contributed by atoms with Gasteiger partial charge in [-0.25, -0.2) is 9.78 Å². The molecular weight excluding hydrogens is 544 g/mol. The van der Waals surface area contributed by atoms with Gasteiger partial charge in [0.15, 0.2) is 5.60 Å². The largest absolute Gasteiger partial charge is 0.507 e. The van der Waals surface area contributed by atoms with E-state index in [4.69, 9.17) is 9.72 Å². The summed E-state index contributed by atoms with van der Waals surface area (Å²) in [6.45, 7) is 9.51. The molecule has 2 saturated heterocycles. The Kier molecular flexibility index (Phi) is 7.30. The number of phenols is 1. The van der Waals surface area contributed by atoms with Crippen molar-refractivity contribution in [2.24, 2.45) is 0 Å². The Morgan fingerprint density at radius 1 is 0.907 bits per heavy atom. The first-order valence-electron chi connectivity index (χ1n) is 16.1. The number of aromatic hydroxyl groups is 1. The molecular formula is C34H42N4O5. The summed E-state index contributed by atoms with van der Waals surface area (Å²) >= 11 is 0. The van der Waals surface area contributed by atoms with Gasteiger partial charge in [0.25, 0.3) is 5.56 Å². The molecule has 4 aliphatic rings. The number of carbonyl (C=O) groups excluding carboxylic acids is 1. The lowest BCUT2D eigenvalue weighted by atomic mass is 9.86. The van der Waals surface area contributed by atoms with Crippen molar-refractivity contribution in [2.45, 2.75) is 97.1 Å². The highest BCUT2D eigenvalue weighted by atomic mass is 16.6. The number of carbonyl (C=O) groups is 1. The number of piperidine rings is 2. The summed E-state index contributed by atoms with van der Waals surface area (Å²) in [5.41, 5.74) is 4.66. The number of benzene rings is 1. The first-order chi connectivity index (χ1) is 20.8. The standard InChI is InChI=1S/C34H42N4O5/c1-3-22-23-19-38-28(16-26-25(32(38)40)20-43-33(41)34(26,42)4-2)30(23)35-27-15-21(17-36-11-7-5-8-12-36)31(39)24(29(22)27)18-37-13-9-6-10-14-37/h15-16,39,42H,3-14,17-20H2,1-2H3/t34-/m0/s1. The molecule has 1 atom stereocenters. The van der Waals surface area contributed by atoms with Crippen LogP contribution in [0.3, 0.4) is 0 Å². The van der Waals surface area contributed by atoms with Gasteiger partial charge < -0.3 is 19.5 Å². The number of esters is 1. The molecule has 9 heteroatoms. The van der Waals surface area contributed by atoms with Crippen molar-refractivity contribution in [3.8, 4) is 17.1 Å². The summed E-state index contributed by atoms with van der Waals surface area (Å²) in [6.07, 6.45) is 8.01. The Balaban J connectivity index is 1.43. The number of ether oxygens (including phenoxy) is 1. The first-order valence-corrected chi connectivity index (χ1v) is 16.1. The first kappa shape index (κ1) is 28.5. The van der Waals surface area contributed by atoms with Crippen LogP contribution in [-0.2, 0) is 47.8 Å². The van der Waals surface area contributed by atoms with Crippen molar-refractivity contribution in [2.75, 3.05) is 26.2 Å². The Labute approximate surface area is 252 Å². The molecule has 6 heterocycles. The van der Waals surface area contributed by atoms with E-state index in [-0.39, 0.29) is 18.6 Å². The molecule has 4 aliphatic heterocycles. The Hall–Kier alpha value is -3.27. The van der Waals surface area contributed by atoms with Crippen LogP contribution in [0.5, 0.6) is 5.75 Å². The number of aliphatic hydroxyl groups is 1. The molecule has 0 unspecified atom stereocenters. The zero-order valence-electron chi connectivity index (χ0n) is 25.4. The fraction of sp³-hybridized carbons (Fsp3) is 0.559. The number of nitrogens with zero attached hydrogens (tertiary/aromatic N) is 4. The number of pyridine rings is 2. The number of cyclic esters (lactones) is 1. The van der Waals surface area contributed by atoms with Crippen LogP contribution in [0.15, 0.2) is 16.9 Å². The molecule has 228 valence electrons. The number of hydrogen-bond acceptors (Lipinski definition) is 8. The highest BCUT2D eigenvalue weighted by Crippen LogP contribution is 2.43. The third-order valence-electron chi connectivity index (χ3n) is 10.3. The number of rotatable bonds is 6. The number of aryl methyl sites for hydroxylation is 1. The van der Waals surface area contributed by atoms with E-state index in [0.717, 1.165) is 71.5 Å². The van der Waals surface area contributed by atoms with E-state index in [9.17, 15) is 19.8 Å². The second-order valence-electron chi connectivity index (χ2n) is 12.8. The van der Waals surface area contributed by atoms with Crippen molar-refractivity contribution < 1.29 is 19.7 Å². The van der Waals surface area contributed by atoms with Crippen LogP contribution in [0.1, 0.15) is 92.2 Å². The normalized spacial score (nSPS) is 22.3. The molecule has 43 heavy (non-hydrogen) atoms. The maximum atomic E-state index is 13.8. The van der Waals surface area contributed by atoms with Gasteiger partial charge in [0.05, 0.1) is 29.0 Å². The fourth-order valence-corrected chi connectivity index (χ4v) is 7.84.